The zero-order chi connectivity index (χ0) is 21.9. The Kier molecular flexibility index (Phi) is 9.85. The highest BCUT2D eigenvalue weighted by Crippen LogP contribution is 2.20. The van der Waals surface area contributed by atoms with Crippen LogP contribution < -0.4 is 10.1 Å². The third-order valence-electron chi connectivity index (χ3n) is 6.15. The Bertz CT molecular complexity index is 860. The van der Waals surface area contributed by atoms with Crippen molar-refractivity contribution in [3.63, 3.8) is 0 Å². The minimum atomic E-state index is 0.0855. The van der Waals surface area contributed by atoms with Gasteiger partial charge in [0.2, 0.25) is 5.91 Å². The largest absolute Gasteiger partial charge is 0.352 e. The van der Waals surface area contributed by atoms with Crippen LogP contribution in [0.1, 0.15) is 88.5 Å². The minimum Gasteiger partial charge on any atom is -0.352 e. The zero-order valence-electron chi connectivity index (χ0n) is 19.4. The lowest BCUT2D eigenvalue weighted by atomic mass is 9.96. The minimum absolute atomic E-state index is 0.0855. The van der Waals surface area contributed by atoms with E-state index in [1.165, 1.54) is 50.5 Å². The van der Waals surface area contributed by atoms with Gasteiger partial charge in [0.05, 0.1) is 12.5 Å². The van der Waals surface area contributed by atoms with E-state index < -0.39 is 0 Å². The number of hydrogen-bond acceptors (Lipinski definition) is 3. The van der Waals surface area contributed by atoms with E-state index in [9.17, 15) is 4.79 Å². The molecule has 5 heteroatoms. The van der Waals surface area contributed by atoms with E-state index in [1.54, 1.807) is 11.3 Å². The van der Waals surface area contributed by atoms with Crippen molar-refractivity contribution in [1.29, 1.82) is 0 Å². The van der Waals surface area contributed by atoms with Crippen LogP contribution in [-0.2, 0) is 30.7 Å². The Hall–Kier alpha value is -1.88. The molecule has 1 N–H and O–H groups in total. The van der Waals surface area contributed by atoms with Crippen LogP contribution in [0.15, 0.2) is 34.6 Å². The molecule has 0 saturated heterocycles. The van der Waals surface area contributed by atoms with Gasteiger partial charge in [0, 0.05) is 24.2 Å². The summed E-state index contributed by atoms with van der Waals surface area (Å²) in [6, 6.07) is 9.11. The molecule has 0 bridgehead atoms. The lowest BCUT2D eigenvalue weighted by molar-refractivity contribution is -0.120. The van der Waals surface area contributed by atoms with Crippen molar-refractivity contribution in [2.75, 3.05) is 0 Å². The number of carbonyl (C=O) groups is 1. The van der Waals surface area contributed by atoms with Crippen LogP contribution in [0.2, 0.25) is 0 Å². The lowest BCUT2D eigenvalue weighted by Crippen LogP contribution is -2.28. The van der Waals surface area contributed by atoms with Crippen molar-refractivity contribution in [2.24, 2.45) is 4.99 Å². The van der Waals surface area contributed by atoms with Crippen molar-refractivity contribution in [2.45, 2.75) is 104 Å². The summed E-state index contributed by atoms with van der Waals surface area (Å²) < 4.78 is 2.30. The number of hydrogen-bond donors (Lipinski definition) is 1. The molecule has 0 aliphatic heterocycles. The third-order valence-corrected chi connectivity index (χ3v) is 7.08. The number of rotatable bonds is 11. The second-order valence-electron chi connectivity index (χ2n) is 8.81. The van der Waals surface area contributed by atoms with E-state index in [4.69, 9.17) is 4.99 Å². The lowest BCUT2D eigenvalue weighted by Gasteiger charge is -2.17. The fraction of sp³-hybridized carbons (Fsp3) is 0.615. The molecule has 1 aromatic heterocycles. The Labute approximate surface area is 191 Å². The third kappa shape index (κ3) is 7.64. The number of aryl methyl sites for hydroxylation is 1. The van der Waals surface area contributed by atoms with Crippen LogP contribution in [-0.4, -0.2) is 16.5 Å². The summed E-state index contributed by atoms with van der Waals surface area (Å²) in [5.41, 5.74) is 3.63. The SMILES string of the molecule is CCCCc1ccc(CNC(=O)Cc2csc(=NC3CCCCC3)n2CCCC)cc1. The molecule has 4 nitrogen and oxygen atoms in total. The van der Waals surface area contributed by atoms with Crippen LogP contribution in [0, 0.1) is 0 Å². The van der Waals surface area contributed by atoms with E-state index >= 15 is 0 Å². The van der Waals surface area contributed by atoms with E-state index in [0.29, 0.717) is 19.0 Å². The van der Waals surface area contributed by atoms with Crippen LogP contribution in [0.3, 0.4) is 0 Å². The maximum atomic E-state index is 12.7. The normalized spacial score (nSPS) is 15.4. The number of unbranched alkanes of at least 4 members (excludes halogenated alkanes) is 2. The van der Waals surface area contributed by atoms with E-state index in [1.807, 2.05) is 0 Å². The number of aromatic nitrogens is 1. The summed E-state index contributed by atoms with van der Waals surface area (Å²) in [6.07, 6.45) is 12.6. The zero-order valence-corrected chi connectivity index (χ0v) is 20.2. The van der Waals surface area contributed by atoms with Gasteiger partial charge in [0.15, 0.2) is 4.80 Å². The fourth-order valence-corrected chi connectivity index (χ4v) is 5.16. The monoisotopic (exact) mass is 441 g/mol. The van der Waals surface area contributed by atoms with Crippen LogP contribution >= 0.6 is 11.3 Å². The van der Waals surface area contributed by atoms with Crippen molar-refractivity contribution < 1.29 is 4.79 Å². The summed E-state index contributed by atoms with van der Waals surface area (Å²) in [6.45, 7) is 5.97. The first-order chi connectivity index (χ1) is 15.2. The summed E-state index contributed by atoms with van der Waals surface area (Å²) in [5, 5.41) is 5.24. The van der Waals surface area contributed by atoms with Crippen molar-refractivity contribution >= 4 is 17.2 Å². The summed E-state index contributed by atoms with van der Waals surface area (Å²) in [5.74, 6) is 0.0855. The molecular formula is C26H39N3OS. The van der Waals surface area contributed by atoms with Gasteiger partial charge in [-0.05, 0) is 43.2 Å². The van der Waals surface area contributed by atoms with Gasteiger partial charge in [-0.25, -0.2) is 0 Å². The molecule has 1 fully saturated rings. The first kappa shape index (κ1) is 23.8. The quantitative estimate of drug-likeness (QED) is 0.472. The maximum absolute atomic E-state index is 12.7. The number of carbonyl (C=O) groups excluding carboxylic acids is 1. The highest BCUT2D eigenvalue weighted by atomic mass is 32.1. The number of amides is 1. The van der Waals surface area contributed by atoms with Gasteiger partial charge >= 0.3 is 0 Å². The summed E-state index contributed by atoms with van der Waals surface area (Å²) in [4.78, 5) is 18.8. The van der Waals surface area contributed by atoms with E-state index in [-0.39, 0.29) is 5.91 Å². The molecule has 1 amide bonds. The fourth-order valence-electron chi connectivity index (χ4n) is 4.16. The smallest absolute Gasteiger partial charge is 0.226 e. The Morgan fingerprint density at radius 3 is 2.48 bits per heavy atom. The number of benzene rings is 1. The van der Waals surface area contributed by atoms with Gasteiger partial charge < -0.3 is 9.88 Å². The Morgan fingerprint density at radius 1 is 1.06 bits per heavy atom. The Morgan fingerprint density at radius 2 is 1.77 bits per heavy atom. The van der Waals surface area contributed by atoms with Crippen molar-refractivity contribution in [3.8, 4) is 0 Å². The standard InChI is InChI=1S/C26H39N3OS/c1-3-5-10-21-13-15-22(16-14-21)19-27-25(30)18-24-20-31-26(29(24)17-6-4-2)28-23-11-8-7-9-12-23/h13-16,20,23H,3-12,17-19H2,1-2H3,(H,27,30). The summed E-state index contributed by atoms with van der Waals surface area (Å²) >= 11 is 1.70. The van der Waals surface area contributed by atoms with Gasteiger partial charge in [-0.3, -0.25) is 9.79 Å². The molecular weight excluding hydrogens is 402 g/mol. The van der Waals surface area contributed by atoms with Gasteiger partial charge in [-0.15, -0.1) is 11.3 Å². The van der Waals surface area contributed by atoms with Crippen LogP contribution in [0.25, 0.3) is 0 Å². The van der Waals surface area contributed by atoms with Gasteiger partial charge in [0.1, 0.15) is 0 Å². The number of nitrogens with zero attached hydrogens (tertiary/aromatic N) is 2. The molecule has 1 aliphatic carbocycles. The first-order valence-electron chi connectivity index (χ1n) is 12.2. The molecule has 0 spiro atoms. The van der Waals surface area contributed by atoms with Gasteiger partial charge in [-0.1, -0.05) is 70.2 Å². The number of nitrogens with one attached hydrogen (secondary N) is 1. The molecule has 3 rings (SSSR count). The summed E-state index contributed by atoms with van der Waals surface area (Å²) in [7, 11) is 0. The molecule has 31 heavy (non-hydrogen) atoms. The number of thiazole rings is 1. The molecule has 0 atom stereocenters. The van der Waals surface area contributed by atoms with Gasteiger partial charge in [0.25, 0.3) is 0 Å². The molecule has 1 aliphatic rings. The molecule has 0 radical (unpaired) electrons. The topological polar surface area (TPSA) is 46.4 Å². The van der Waals surface area contributed by atoms with Crippen molar-refractivity contribution in [1.82, 2.24) is 9.88 Å². The first-order valence-corrected chi connectivity index (χ1v) is 13.1. The predicted octanol–water partition coefficient (Wildman–Crippen LogP) is 5.78. The maximum Gasteiger partial charge on any atom is 0.226 e. The molecule has 170 valence electrons. The van der Waals surface area contributed by atoms with Crippen LogP contribution in [0.4, 0.5) is 0 Å². The second-order valence-corrected chi connectivity index (χ2v) is 9.65. The average Bonchev–Trinajstić information content (AvgIpc) is 3.16. The molecule has 0 unspecified atom stereocenters. The second kappa shape index (κ2) is 12.8. The molecule has 1 heterocycles. The molecule has 2 aromatic rings. The van der Waals surface area contributed by atoms with Gasteiger partial charge in [-0.2, -0.15) is 0 Å². The Balaban J connectivity index is 1.60. The molecule has 1 saturated carbocycles. The average molecular weight is 442 g/mol. The molecule has 1 aromatic carbocycles. The van der Waals surface area contributed by atoms with Crippen LogP contribution in [0.5, 0.6) is 0 Å². The highest BCUT2D eigenvalue weighted by molar-refractivity contribution is 7.07. The van der Waals surface area contributed by atoms with E-state index in [0.717, 1.165) is 41.9 Å². The van der Waals surface area contributed by atoms with Crippen molar-refractivity contribution in [3.05, 3.63) is 51.3 Å². The van der Waals surface area contributed by atoms with E-state index in [2.05, 4.69) is 53.4 Å². The highest BCUT2D eigenvalue weighted by Gasteiger charge is 2.14. The predicted molar refractivity (Wildman–Crippen MR) is 130 cm³/mol.